The first-order chi connectivity index (χ1) is 5.24. The van der Waals surface area contributed by atoms with Crippen molar-refractivity contribution in [1.29, 1.82) is 0 Å². The normalized spacial score (nSPS) is 6.17. The molecule has 0 aromatic heterocycles. The Hall–Kier alpha value is 5.93. The van der Waals surface area contributed by atoms with Crippen LogP contribution in [-0.2, 0) is 196 Å². The summed E-state index contributed by atoms with van der Waals surface area (Å²) < 4.78 is 0. The number of rotatable bonds is 2. The van der Waals surface area contributed by atoms with E-state index in [1.165, 1.54) is 5.56 Å². The summed E-state index contributed by atoms with van der Waals surface area (Å²) in [5.74, 6) is 0.561. The number of thiocarbonyl (C=S) groups is 1. The Morgan fingerprint density at radius 3 is 1.67 bits per heavy atom. The second kappa shape index (κ2) is 27.8. The molecule has 1 rings (SSSR count). The molecule has 1 aromatic rings. The van der Waals surface area contributed by atoms with Crippen molar-refractivity contribution >= 4 is 17.6 Å². The van der Waals surface area contributed by atoms with Crippen LogP contribution in [0.15, 0.2) is 18.2 Å². The van der Waals surface area contributed by atoms with Crippen LogP contribution in [0, 0.1) is 13.5 Å². The first-order valence-electron chi connectivity index (χ1n) is 3.64. The molecule has 0 aliphatic heterocycles. The van der Waals surface area contributed by atoms with Gasteiger partial charge in [-0.3, -0.25) is 11.6 Å². The maximum absolute atomic E-state index is 4.65. The van der Waals surface area contributed by atoms with E-state index in [0.29, 0.717) is 5.92 Å². The summed E-state index contributed by atoms with van der Waals surface area (Å²) in [4.78, 5) is 0. The Morgan fingerprint density at radius 2 is 1.44 bits per heavy atom. The fourth-order valence-corrected chi connectivity index (χ4v) is 0.986. The van der Waals surface area contributed by atoms with Crippen LogP contribution in [0.3, 0.4) is 0 Å². The van der Waals surface area contributed by atoms with Gasteiger partial charge in [0.25, 0.3) is 0 Å². The molecule has 18 heavy (non-hydrogen) atoms. The van der Waals surface area contributed by atoms with Gasteiger partial charge in [0.05, 0.1) is 0 Å². The minimum Gasteiger partial charge on any atom is -0.358 e. The molecule has 0 atom stereocenters. The first kappa shape index (κ1) is 43.9. The zero-order valence-corrected chi connectivity index (χ0v) is 29.0. The van der Waals surface area contributed by atoms with Crippen LogP contribution in [0.2, 0.25) is 0 Å². The third-order valence-electron chi connectivity index (χ3n) is 1.61. The maximum Gasteiger partial charge on any atom is 0 e. The molecule has 7 heteroatoms. The monoisotopic (exact) mass is 711 g/mol. The molecule has 0 amide bonds. The molecule has 0 N–H and O–H groups in total. The van der Waals surface area contributed by atoms with Gasteiger partial charge in [0.1, 0.15) is 0 Å². The van der Waals surface area contributed by atoms with Crippen molar-refractivity contribution < 1.29 is 196 Å². The van der Waals surface area contributed by atoms with Crippen molar-refractivity contribution in [3.8, 4) is 0 Å². The molecule has 0 nitrogen and oxygen atoms in total. The van der Waals surface area contributed by atoms with Gasteiger partial charge in [0.15, 0.2) is 0 Å². The van der Waals surface area contributed by atoms with Crippen molar-refractivity contribution in [3.05, 3.63) is 42.8 Å². The summed E-state index contributed by atoms with van der Waals surface area (Å²) in [6, 6.07) is 9.04. The Kier molecular flexibility index (Phi) is 67.7. The van der Waals surface area contributed by atoms with Gasteiger partial charge in [-0.25, -0.2) is 36.0 Å². The average molecular weight is 711 g/mol. The maximum atomic E-state index is 4.65. The van der Waals surface area contributed by atoms with Crippen molar-refractivity contribution in [3.63, 3.8) is 0 Å². The van der Waals surface area contributed by atoms with Crippen LogP contribution in [0.25, 0.3) is 0 Å². The van der Waals surface area contributed by atoms with E-state index in [4.69, 9.17) is 0 Å². The molecule has 0 saturated carbocycles. The molecule has 6 radical (unpaired) electrons. The van der Waals surface area contributed by atoms with Crippen molar-refractivity contribution in [2.45, 2.75) is 19.8 Å². The molecule has 0 aliphatic carbocycles. The Balaban J connectivity index is -0.0000000346. The molecule has 1 aromatic carbocycles. The molecular formula is C11H13SY6-3. The van der Waals surface area contributed by atoms with Gasteiger partial charge in [0.2, 0.25) is 0 Å². The van der Waals surface area contributed by atoms with E-state index in [0.717, 1.165) is 5.56 Å². The second-order valence-corrected chi connectivity index (χ2v) is 3.00. The van der Waals surface area contributed by atoms with Crippen LogP contribution < -0.4 is 0 Å². The van der Waals surface area contributed by atoms with Crippen LogP contribution in [0.5, 0.6) is 0 Å². The van der Waals surface area contributed by atoms with Gasteiger partial charge in [-0.05, 0) is 0 Å². The summed E-state index contributed by atoms with van der Waals surface area (Å²) in [5.41, 5.74) is 2.16. The van der Waals surface area contributed by atoms with Crippen LogP contribution in [-0.4, -0.2) is 5.37 Å². The third-order valence-corrected chi connectivity index (χ3v) is 1.83. The van der Waals surface area contributed by atoms with Gasteiger partial charge in [-0.2, -0.15) is 5.37 Å². The Morgan fingerprint density at radius 1 is 1.00 bits per heavy atom. The number of hydrogen-bond acceptors (Lipinski definition) is 1. The predicted octanol–water partition coefficient (Wildman–Crippen LogP) is 3.27. The van der Waals surface area contributed by atoms with E-state index in [9.17, 15) is 0 Å². The number of hydrogen-bond donors (Lipinski definition) is 0. The Bertz CT molecular complexity index is 250. The smallest absolute Gasteiger partial charge is 0 e. The molecule has 0 spiro atoms. The minimum absolute atomic E-state index is 0. The van der Waals surface area contributed by atoms with Crippen molar-refractivity contribution in [1.82, 2.24) is 0 Å². The largest absolute Gasteiger partial charge is 0.358 e. The molecule has 0 heterocycles. The van der Waals surface area contributed by atoms with E-state index < -0.39 is 0 Å². The Labute approximate surface area is 269 Å². The SMILES string of the molecule is CC(C)c1c[c-]c([C-]=S)cc1.[CH3-].[Y].[Y].[Y].[Y].[Y].[Y]. The minimum atomic E-state index is 0. The van der Waals surface area contributed by atoms with Crippen molar-refractivity contribution in [2.75, 3.05) is 0 Å². The van der Waals surface area contributed by atoms with Crippen LogP contribution >= 0.6 is 12.2 Å². The summed E-state index contributed by atoms with van der Waals surface area (Å²) >= 11 is 4.65. The van der Waals surface area contributed by atoms with Crippen molar-refractivity contribution in [2.24, 2.45) is 0 Å². The van der Waals surface area contributed by atoms with E-state index in [1.54, 1.807) is 0 Å². The molecule has 0 saturated heterocycles. The fraction of sp³-hybridized carbons (Fsp3) is 0.273. The third kappa shape index (κ3) is 20.0. The first-order valence-corrected chi connectivity index (χ1v) is 4.04. The topological polar surface area (TPSA) is 0 Å². The molecule has 84 valence electrons. The van der Waals surface area contributed by atoms with E-state index in [1.807, 2.05) is 12.1 Å². The summed E-state index contributed by atoms with van der Waals surface area (Å²) in [6.45, 7) is 4.31. The van der Waals surface area contributed by atoms with Crippen LogP contribution in [0.4, 0.5) is 0 Å². The molecule has 0 bridgehead atoms. The molecule has 0 fully saturated rings. The quantitative estimate of drug-likeness (QED) is 0.336. The second-order valence-electron chi connectivity index (χ2n) is 2.79. The molecular weight excluding hydrogens is 698 g/mol. The van der Waals surface area contributed by atoms with Gasteiger partial charge in [-0.15, -0.1) is 0 Å². The van der Waals surface area contributed by atoms with Crippen LogP contribution in [0.1, 0.15) is 30.9 Å². The predicted molar refractivity (Wildman–Crippen MR) is 57.5 cm³/mol. The van der Waals surface area contributed by atoms with Gasteiger partial charge in [0, 0.05) is 196 Å². The zero-order valence-electron chi connectivity index (χ0n) is 11.2. The zero-order chi connectivity index (χ0) is 8.27. The van der Waals surface area contributed by atoms with E-state index in [2.05, 4.69) is 43.6 Å². The van der Waals surface area contributed by atoms with Gasteiger partial charge >= 0.3 is 0 Å². The van der Waals surface area contributed by atoms with Gasteiger partial charge in [-0.1, -0.05) is 19.8 Å². The van der Waals surface area contributed by atoms with E-state index in [-0.39, 0.29) is 204 Å². The average Bonchev–Trinajstić information content (AvgIpc) is 2.05. The molecule has 0 unspecified atom stereocenters. The van der Waals surface area contributed by atoms with Gasteiger partial charge < -0.3 is 7.43 Å². The number of benzene rings is 1. The fourth-order valence-electron chi connectivity index (χ4n) is 0.859. The standard InChI is InChI=1S/C10H10S.CH3.6Y/c1-8(2)10-5-3-9(7-11)4-6-10;;;;;;;/h3,5-6,8H,1-2H3;1H3;;;;;;/q-2;-1;;;;;;. The summed E-state index contributed by atoms with van der Waals surface area (Å²) in [7, 11) is 0. The summed E-state index contributed by atoms with van der Waals surface area (Å²) in [5, 5.41) is 2.62. The summed E-state index contributed by atoms with van der Waals surface area (Å²) in [6.07, 6.45) is 0. The van der Waals surface area contributed by atoms with E-state index >= 15 is 0 Å². The molecule has 0 aliphatic rings.